The number of anilines is 1. The molecule has 27 heavy (non-hydrogen) atoms. The average Bonchev–Trinajstić information content (AvgIpc) is 2.61. The number of halogens is 1. The molecule has 0 heterocycles. The van der Waals surface area contributed by atoms with Gasteiger partial charge in [0.25, 0.3) is 5.91 Å². The Morgan fingerprint density at radius 2 is 1.81 bits per heavy atom. The molecule has 0 fully saturated rings. The van der Waals surface area contributed by atoms with Crippen LogP contribution in [-0.4, -0.2) is 25.1 Å². The minimum Gasteiger partial charge on any atom is -0.483 e. The summed E-state index contributed by atoms with van der Waals surface area (Å²) in [7, 11) is 0. The number of ether oxygens (including phenoxy) is 2. The SMILES string of the molecule is CCCCOC(=O)c1cccc(NC(=O)COc2c(C)cc(Br)cc2C)c1. The fourth-order valence-corrected chi connectivity index (χ4v) is 3.26. The molecule has 1 N–H and O–H groups in total. The zero-order valence-electron chi connectivity index (χ0n) is 15.8. The van der Waals surface area contributed by atoms with Gasteiger partial charge in [-0.1, -0.05) is 35.3 Å². The second-order valence-electron chi connectivity index (χ2n) is 6.28. The fraction of sp³-hybridized carbons (Fsp3) is 0.333. The van der Waals surface area contributed by atoms with Gasteiger partial charge in [0.15, 0.2) is 6.61 Å². The van der Waals surface area contributed by atoms with Gasteiger partial charge < -0.3 is 14.8 Å². The van der Waals surface area contributed by atoms with Crippen molar-refractivity contribution >= 4 is 33.5 Å². The highest BCUT2D eigenvalue weighted by molar-refractivity contribution is 9.10. The van der Waals surface area contributed by atoms with E-state index in [0.717, 1.165) is 28.4 Å². The number of hydrogen-bond donors (Lipinski definition) is 1. The van der Waals surface area contributed by atoms with Crippen LogP contribution in [0.15, 0.2) is 40.9 Å². The highest BCUT2D eigenvalue weighted by Gasteiger charge is 2.11. The molecule has 1 amide bonds. The average molecular weight is 434 g/mol. The number of esters is 1. The van der Waals surface area contributed by atoms with Gasteiger partial charge in [-0.05, 0) is 61.7 Å². The number of unbranched alkanes of at least 4 members (excludes halogenated alkanes) is 1. The maximum absolute atomic E-state index is 12.2. The minimum absolute atomic E-state index is 0.117. The molecule has 0 bridgehead atoms. The summed E-state index contributed by atoms with van der Waals surface area (Å²) in [5, 5.41) is 2.74. The van der Waals surface area contributed by atoms with Crippen LogP contribution in [-0.2, 0) is 9.53 Å². The van der Waals surface area contributed by atoms with Crippen LogP contribution in [0.2, 0.25) is 0 Å². The molecular weight excluding hydrogens is 410 g/mol. The smallest absolute Gasteiger partial charge is 0.338 e. The largest absolute Gasteiger partial charge is 0.483 e. The summed E-state index contributed by atoms with van der Waals surface area (Å²) in [4.78, 5) is 24.2. The van der Waals surface area contributed by atoms with Gasteiger partial charge in [0.05, 0.1) is 12.2 Å². The summed E-state index contributed by atoms with van der Waals surface area (Å²) < 4.78 is 11.8. The highest BCUT2D eigenvalue weighted by atomic mass is 79.9. The number of hydrogen-bond acceptors (Lipinski definition) is 4. The lowest BCUT2D eigenvalue weighted by Gasteiger charge is -2.13. The molecule has 0 radical (unpaired) electrons. The van der Waals surface area contributed by atoms with E-state index in [2.05, 4.69) is 21.2 Å². The molecule has 5 nitrogen and oxygen atoms in total. The first-order valence-corrected chi connectivity index (χ1v) is 9.66. The van der Waals surface area contributed by atoms with E-state index in [-0.39, 0.29) is 12.5 Å². The topological polar surface area (TPSA) is 64.6 Å². The van der Waals surface area contributed by atoms with E-state index in [1.54, 1.807) is 24.3 Å². The Balaban J connectivity index is 1.94. The van der Waals surface area contributed by atoms with Crippen LogP contribution >= 0.6 is 15.9 Å². The van der Waals surface area contributed by atoms with Crippen LogP contribution in [0, 0.1) is 13.8 Å². The second-order valence-corrected chi connectivity index (χ2v) is 7.19. The molecule has 0 aliphatic carbocycles. The van der Waals surface area contributed by atoms with E-state index >= 15 is 0 Å². The van der Waals surface area contributed by atoms with Crippen molar-refractivity contribution in [3.63, 3.8) is 0 Å². The van der Waals surface area contributed by atoms with Crippen molar-refractivity contribution in [1.29, 1.82) is 0 Å². The number of benzene rings is 2. The van der Waals surface area contributed by atoms with Gasteiger partial charge in [-0.3, -0.25) is 4.79 Å². The molecule has 0 aromatic heterocycles. The number of amides is 1. The van der Waals surface area contributed by atoms with Gasteiger partial charge in [-0.2, -0.15) is 0 Å². The molecule has 0 atom stereocenters. The molecule has 0 saturated heterocycles. The Labute approximate surface area is 168 Å². The van der Waals surface area contributed by atoms with Crippen LogP contribution in [0.1, 0.15) is 41.3 Å². The first kappa shape index (κ1) is 21.0. The first-order valence-electron chi connectivity index (χ1n) is 8.87. The second kappa shape index (κ2) is 10.1. The van der Waals surface area contributed by atoms with E-state index in [1.807, 2.05) is 32.9 Å². The lowest BCUT2D eigenvalue weighted by molar-refractivity contribution is -0.118. The third-order valence-electron chi connectivity index (χ3n) is 3.89. The third kappa shape index (κ3) is 6.40. The highest BCUT2D eigenvalue weighted by Crippen LogP contribution is 2.27. The molecule has 2 aromatic carbocycles. The van der Waals surface area contributed by atoms with Gasteiger partial charge in [0, 0.05) is 10.2 Å². The van der Waals surface area contributed by atoms with Gasteiger partial charge in [0.2, 0.25) is 0 Å². The van der Waals surface area contributed by atoms with Crippen LogP contribution < -0.4 is 10.1 Å². The molecule has 0 aliphatic heterocycles. The molecule has 0 unspecified atom stereocenters. The number of nitrogens with one attached hydrogen (secondary N) is 1. The number of rotatable bonds is 8. The predicted molar refractivity (Wildman–Crippen MR) is 109 cm³/mol. The van der Waals surface area contributed by atoms with E-state index in [4.69, 9.17) is 9.47 Å². The van der Waals surface area contributed by atoms with Gasteiger partial charge in [0.1, 0.15) is 5.75 Å². The van der Waals surface area contributed by atoms with Gasteiger partial charge in [-0.15, -0.1) is 0 Å². The Hall–Kier alpha value is -2.34. The zero-order chi connectivity index (χ0) is 19.8. The molecule has 2 rings (SSSR count). The molecule has 2 aromatic rings. The first-order chi connectivity index (χ1) is 12.9. The molecule has 144 valence electrons. The summed E-state index contributed by atoms with van der Waals surface area (Å²) in [6.45, 7) is 6.17. The number of aryl methyl sites for hydroxylation is 2. The Kier molecular flexibility index (Phi) is 7.85. The van der Waals surface area contributed by atoms with Crippen molar-refractivity contribution in [3.8, 4) is 5.75 Å². The standard InChI is InChI=1S/C21H24BrNO4/c1-4-5-9-26-21(25)16-7-6-8-18(12-16)23-19(24)13-27-20-14(2)10-17(22)11-15(20)3/h6-8,10-12H,4-5,9,13H2,1-3H3,(H,23,24). The molecular formula is C21H24BrNO4. The Morgan fingerprint density at radius 1 is 1.11 bits per heavy atom. The molecule has 6 heteroatoms. The normalized spacial score (nSPS) is 10.4. The Morgan fingerprint density at radius 3 is 2.48 bits per heavy atom. The number of carbonyl (C=O) groups excluding carboxylic acids is 2. The van der Waals surface area contributed by atoms with Crippen molar-refractivity contribution < 1.29 is 19.1 Å². The minimum atomic E-state index is -0.392. The predicted octanol–water partition coefficient (Wildman–Crippen LogP) is 5.04. The van der Waals surface area contributed by atoms with E-state index in [9.17, 15) is 9.59 Å². The molecule has 0 aliphatic rings. The zero-order valence-corrected chi connectivity index (χ0v) is 17.4. The van der Waals surface area contributed by atoms with Gasteiger partial charge >= 0.3 is 5.97 Å². The van der Waals surface area contributed by atoms with Crippen molar-refractivity contribution in [1.82, 2.24) is 0 Å². The lowest BCUT2D eigenvalue weighted by Crippen LogP contribution is -2.21. The summed E-state index contributed by atoms with van der Waals surface area (Å²) in [6, 6.07) is 10.6. The van der Waals surface area contributed by atoms with Gasteiger partial charge in [-0.25, -0.2) is 4.79 Å². The van der Waals surface area contributed by atoms with E-state index < -0.39 is 5.97 Å². The lowest BCUT2D eigenvalue weighted by atomic mass is 10.1. The van der Waals surface area contributed by atoms with Crippen molar-refractivity contribution in [2.75, 3.05) is 18.5 Å². The van der Waals surface area contributed by atoms with Crippen LogP contribution in [0.25, 0.3) is 0 Å². The summed E-state index contributed by atoms with van der Waals surface area (Å²) in [5.41, 5.74) is 2.83. The summed E-state index contributed by atoms with van der Waals surface area (Å²) in [5.74, 6) is 0.00623. The Bertz CT molecular complexity index is 797. The van der Waals surface area contributed by atoms with Crippen molar-refractivity contribution in [2.24, 2.45) is 0 Å². The van der Waals surface area contributed by atoms with Crippen molar-refractivity contribution in [3.05, 3.63) is 57.6 Å². The molecule has 0 spiro atoms. The summed E-state index contributed by atoms with van der Waals surface area (Å²) >= 11 is 3.44. The summed E-state index contributed by atoms with van der Waals surface area (Å²) in [6.07, 6.45) is 1.79. The third-order valence-corrected chi connectivity index (χ3v) is 4.34. The van der Waals surface area contributed by atoms with Crippen LogP contribution in [0.5, 0.6) is 5.75 Å². The number of carbonyl (C=O) groups is 2. The monoisotopic (exact) mass is 433 g/mol. The van der Waals surface area contributed by atoms with E-state index in [0.29, 0.717) is 23.6 Å². The quantitative estimate of drug-likeness (QED) is 0.467. The van der Waals surface area contributed by atoms with Crippen LogP contribution in [0.4, 0.5) is 5.69 Å². The van der Waals surface area contributed by atoms with Crippen molar-refractivity contribution in [2.45, 2.75) is 33.6 Å². The maximum atomic E-state index is 12.2. The fourth-order valence-electron chi connectivity index (χ4n) is 2.58. The maximum Gasteiger partial charge on any atom is 0.338 e. The van der Waals surface area contributed by atoms with E-state index in [1.165, 1.54) is 0 Å². The molecule has 0 saturated carbocycles. The van der Waals surface area contributed by atoms with Crippen LogP contribution in [0.3, 0.4) is 0 Å².